The van der Waals surface area contributed by atoms with Crippen molar-refractivity contribution in [2.45, 2.75) is 76.3 Å². The van der Waals surface area contributed by atoms with Crippen molar-refractivity contribution in [2.75, 3.05) is 0 Å². The van der Waals surface area contributed by atoms with E-state index in [1.165, 1.54) is 6.42 Å². The first kappa shape index (κ1) is 15.1. The summed E-state index contributed by atoms with van der Waals surface area (Å²) in [6.07, 6.45) is 8.82. The molecule has 2 rings (SSSR count). The van der Waals surface area contributed by atoms with E-state index in [1.54, 1.807) is 0 Å². The van der Waals surface area contributed by atoms with Gasteiger partial charge in [-0.2, -0.15) is 0 Å². The van der Waals surface area contributed by atoms with Crippen LogP contribution in [0.5, 0.6) is 0 Å². The minimum Gasteiger partial charge on any atom is -0.479 e. The molecule has 0 radical (unpaired) electrons. The first-order chi connectivity index (χ1) is 9.54. The van der Waals surface area contributed by atoms with Gasteiger partial charge in [-0.25, -0.2) is 9.59 Å². The van der Waals surface area contributed by atoms with Crippen molar-refractivity contribution in [2.24, 2.45) is 5.92 Å². The molecule has 0 heterocycles. The fraction of sp³-hybridized carbons (Fsp3) is 0.867. The van der Waals surface area contributed by atoms with E-state index in [9.17, 15) is 14.7 Å². The zero-order valence-electron chi connectivity index (χ0n) is 12.3. The molecule has 2 unspecified atom stereocenters. The number of carboxylic acids is 1. The molecule has 2 amide bonds. The lowest BCUT2D eigenvalue weighted by atomic mass is 9.73. The number of carbonyl (C=O) groups excluding carboxylic acids is 1. The Balaban J connectivity index is 1.96. The third kappa shape index (κ3) is 3.25. The van der Waals surface area contributed by atoms with E-state index in [0.29, 0.717) is 6.42 Å². The van der Waals surface area contributed by atoms with Gasteiger partial charge in [0.2, 0.25) is 0 Å². The summed E-state index contributed by atoms with van der Waals surface area (Å²) in [6, 6.07) is -0.110. The molecule has 2 saturated carbocycles. The molecule has 2 aliphatic carbocycles. The van der Waals surface area contributed by atoms with Crippen molar-refractivity contribution >= 4 is 12.0 Å². The highest BCUT2D eigenvalue weighted by Crippen LogP contribution is 2.34. The number of nitrogens with one attached hydrogen (secondary N) is 2. The Hall–Kier alpha value is -1.26. The molecule has 0 aromatic carbocycles. The van der Waals surface area contributed by atoms with Crippen LogP contribution in [0.3, 0.4) is 0 Å². The lowest BCUT2D eigenvalue weighted by molar-refractivity contribution is -0.148. The standard InChI is InChI=1S/C15H26N2O3/c1-11-7-5-6-10-15(11,13(18)19)17-14(20)16-12-8-3-2-4-9-12/h11-12H,2-10H2,1H3,(H,18,19)(H2,16,17,20). The highest BCUT2D eigenvalue weighted by atomic mass is 16.4. The van der Waals surface area contributed by atoms with Crippen molar-refractivity contribution in [3.8, 4) is 0 Å². The first-order valence-corrected chi connectivity index (χ1v) is 7.86. The Morgan fingerprint density at radius 2 is 1.70 bits per heavy atom. The second-order valence-corrected chi connectivity index (χ2v) is 6.36. The highest BCUT2D eigenvalue weighted by Gasteiger charge is 2.46. The van der Waals surface area contributed by atoms with E-state index in [1.807, 2.05) is 6.92 Å². The van der Waals surface area contributed by atoms with Crippen LogP contribution in [0.2, 0.25) is 0 Å². The van der Waals surface area contributed by atoms with E-state index >= 15 is 0 Å². The lowest BCUT2D eigenvalue weighted by Gasteiger charge is -2.40. The van der Waals surface area contributed by atoms with Crippen molar-refractivity contribution in [1.29, 1.82) is 0 Å². The topological polar surface area (TPSA) is 78.4 Å². The number of amides is 2. The number of urea groups is 1. The van der Waals surface area contributed by atoms with Crippen LogP contribution in [0.15, 0.2) is 0 Å². The zero-order chi connectivity index (χ0) is 14.6. The van der Waals surface area contributed by atoms with Gasteiger partial charge in [0.15, 0.2) is 0 Å². The summed E-state index contributed by atoms with van der Waals surface area (Å²) in [4.78, 5) is 23.8. The third-order valence-electron chi connectivity index (χ3n) is 4.96. The quantitative estimate of drug-likeness (QED) is 0.744. The predicted octanol–water partition coefficient (Wildman–Crippen LogP) is 2.65. The van der Waals surface area contributed by atoms with Gasteiger partial charge in [0.1, 0.15) is 5.54 Å². The van der Waals surface area contributed by atoms with Crippen molar-refractivity contribution in [3.63, 3.8) is 0 Å². The van der Waals surface area contributed by atoms with Gasteiger partial charge in [-0.05, 0) is 31.6 Å². The highest BCUT2D eigenvalue weighted by molar-refractivity contribution is 5.86. The lowest BCUT2D eigenvalue weighted by Crippen LogP contribution is -2.62. The Bertz CT molecular complexity index is 366. The first-order valence-electron chi connectivity index (χ1n) is 7.86. The maximum absolute atomic E-state index is 12.1. The summed E-state index contributed by atoms with van der Waals surface area (Å²) >= 11 is 0. The summed E-state index contributed by atoms with van der Waals surface area (Å²) in [5, 5.41) is 15.3. The smallest absolute Gasteiger partial charge is 0.329 e. The van der Waals surface area contributed by atoms with Crippen molar-refractivity contribution in [3.05, 3.63) is 0 Å². The van der Waals surface area contributed by atoms with Gasteiger partial charge in [0.25, 0.3) is 0 Å². The van der Waals surface area contributed by atoms with Crippen LogP contribution in [0.4, 0.5) is 4.79 Å². The molecule has 2 fully saturated rings. The van der Waals surface area contributed by atoms with Crippen molar-refractivity contribution in [1.82, 2.24) is 10.6 Å². The Morgan fingerprint density at radius 3 is 2.30 bits per heavy atom. The van der Waals surface area contributed by atoms with Gasteiger partial charge < -0.3 is 15.7 Å². The molecule has 0 aromatic heterocycles. The van der Waals surface area contributed by atoms with Gasteiger partial charge in [0, 0.05) is 6.04 Å². The fourth-order valence-corrected chi connectivity index (χ4v) is 3.58. The maximum atomic E-state index is 12.1. The van der Waals surface area contributed by atoms with Crippen LogP contribution < -0.4 is 10.6 Å². The van der Waals surface area contributed by atoms with Gasteiger partial charge >= 0.3 is 12.0 Å². The number of aliphatic carboxylic acids is 1. The second-order valence-electron chi connectivity index (χ2n) is 6.36. The molecule has 0 saturated heterocycles. The van der Waals surface area contributed by atoms with E-state index < -0.39 is 11.5 Å². The predicted molar refractivity (Wildman–Crippen MR) is 76.5 cm³/mol. The molecule has 0 aromatic rings. The van der Waals surface area contributed by atoms with Crippen LogP contribution in [0, 0.1) is 5.92 Å². The van der Waals surface area contributed by atoms with Crippen LogP contribution in [0.1, 0.15) is 64.7 Å². The SMILES string of the molecule is CC1CCCCC1(NC(=O)NC1CCCCC1)C(=O)O. The van der Waals surface area contributed by atoms with Gasteiger partial charge in [0.05, 0.1) is 0 Å². The van der Waals surface area contributed by atoms with Gasteiger partial charge in [-0.1, -0.05) is 39.0 Å². The molecule has 0 spiro atoms. The normalized spacial score (nSPS) is 31.6. The molecule has 2 atom stereocenters. The fourth-order valence-electron chi connectivity index (χ4n) is 3.58. The average molecular weight is 282 g/mol. The zero-order valence-corrected chi connectivity index (χ0v) is 12.3. The Kier molecular flexibility index (Phi) is 4.89. The molecule has 5 heteroatoms. The van der Waals surface area contributed by atoms with E-state index in [2.05, 4.69) is 10.6 Å². The molecule has 3 N–H and O–H groups in total. The molecule has 0 aliphatic heterocycles. The van der Waals surface area contributed by atoms with Crippen molar-refractivity contribution < 1.29 is 14.7 Å². The Labute approximate surface area is 120 Å². The van der Waals surface area contributed by atoms with Crippen LogP contribution in [-0.2, 0) is 4.79 Å². The minimum absolute atomic E-state index is 0.0224. The molecule has 114 valence electrons. The molecule has 2 aliphatic rings. The minimum atomic E-state index is -1.09. The maximum Gasteiger partial charge on any atom is 0.329 e. The number of carboxylic acid groups (broad SMARTS) is 1. The summed E-state index contributed by atoms with van der Waals surface area (Å²) in [7, 11) is 0. The molecule has 5 nitrogen and oxygen atoms in total. The van der Waals surface area contributed by atoms with Gasteiger partial charge in [-0.3, -0.25) is 0 Å². The third-order valence-corrected chi connectivity index (χ3v) is 4.96. The average Bonchev–Trinajstić information content (AvgIpc) is 2.42. The Morgan fingerprint density at radius 1 is 1.05 bits per heavy atom. The number of rotatable bonds is 3. The molecular formula is C15H26N2O3. The monoisotopic (exact) mass is 282 g/mol. The summed E-state index contributed by atoms with van der Waals surface area (Å²) in [5.74, 6) is -0.922. The van der Waals surface area contributed by atoms with Gasteiger partial charge in [-0.15, -0.1) is 0 Å². The summed E-state index contributed by atoms with van der Waals surface area (Å²) in [6.45, 7) is 1.92. The molecule has 20 heavy (non-hydrogen) atoms. The summed E-state index contributed by atoms with van der Waals surface area (Å²) < 4.78 is 0. The number of hydrogen-bond acceptors (Lipinski definition) is 2. The van der Waals surface area contributed by atoms with Crippen LogP contribution in [-0.4, -0.2) is 28.7 Å². The van der Waals surface area contributed by atoms with E-state index in [0.717, 1.165) is 44.9 Å². The van der Waals surface area contributed by atoms with Crippen LogP contribution >= 0.6 is 0 Å². The van der Waals surface area contributed by atoms with E-state index in [-0.39, 0.29) is 18.0 Å². The largest absolute Gasteiger partial charge is 0.479 e. The molecular weight excluding hydrogens is 256 g/mol. The summed E-state index contributed by atoms with van der Waals surface area (Å²) in [5.41, 5.74) is -1.09. The molecule has 0 bridgehead atoms. The van der Waals surface area contributed by atoms with Crippen LogP contribution in [0.25, 0.3) is 0 Å². The number of hydrogen-bond donors (Lipinski definition) is 3. The number of carbonyl (C=O) groups is 2. The van der Waals surface area contributed by atoms with E-state index in [4.69, 9.17) is 0 Å². The second kappa shape index (κ2) is 6.46.